The Morgan fingerprint density at radius 2 is 1.69 bits per heavy atom. The first-order valence-corrected chi connectivity index (χ1v) is 5.81. The third-order valence-corrected chi connectivity index (χ3v) is 3.14. The number of rotatable bonds is 7. The first-order valence-electron chi connectivity index (χ1n) is 5.81. The smallest absolute Gasteiger partial charge is 0.0542 e. The van der Waals surface area contributed by atoms with E-state index in [1.54, 1.807) is 0 Å². The maximum Gasteiger partial charge on any atom is 0.0542 e. The largest absolute Gasteiger partial charge is 0.393 e. The van der Waals surface area contributed by atoms with Crippen molar-refractivity contribution >= 4 is 0 Å². The summed E-state index contributed by atoms with van der Waals surface area (Å²) in [5.74, 6) is 1.17. The van der Waals surface area contributed by atoms with Gasteiger partial charge in [0.05, 0.1) is 6.10 Å². The fourth-order valence-electron chi connectivity index (χ4n) is 1.93. The van der Waals surface area contributed by atoms with Gasteiger partial charge in [-0.25, -0.2) is 0 Å². The molecule has 0 aromatic rings. The Bertz CT molecular complexity index is 110. The lowest BCUT2D eigenvalue weighted by atomic mass is 9.84. The molecule has 1 nitrogen and oxygen atoms in total. The van der Waals surface area contributed by atoms with Gasteiger partial charge in [-0.1, -0.05) is 46.5 Å². The van der Waals surface area contributed by atoms with Gasteiger partial charge in [-0.05, 0) is 25.2 Å². The first kappa shape index (κ1) is 13.0. The molecule has 0 aromatic carbocycles. The highest BCUT2D eigenvalue weighted by atomic mass is 16.3. The third-order valence-electron chi connectivity index (χ3n) is 3.14. The van der Waals surface area contributed by atoms with E-state index in [1.165, 1.54) is 32.1 Å². The van der Waals surface area contributed by atoms with Crippen LogP contribution in [-0.4, -0.2) is 11.2 Å². The molecule has 0 aromatic heterocycles. The summed E-state index contributed by atoms with van der Waals surface area (Å²) in [4.78, 5) is 0. The number of unbranched alkanes of at least 4 members (excludes halogenated alkanes) is 2. The molecule has 0 heterocycles. The number of aliphatic hydroxyl groups excluding tert-OH is 1. The monoisotopic (exact) mass is 186 g/mol. The van der Waals surface area contributed by atoms with Crippen molar-refractivity contribution in [2.45, 2.75) is 65.9 Å². The maximum atomic E-state index is 9.61. The summed E-state index contributed by atoms with van der Waals surface area (Å²) < 4.78 is 0. The normalized spacial score (nSPS) is 18.2. The lowest BCUT2D eigenvalue weighted by molar-refractivity contribution is 0.0835. The summed E-state index contributed by atoms with van der Waals surface area (Å²) >= 11 is 0. The van der Waals surface area contributed by atoms with Crippen LogP contribution in [-0.2, 0) is 0 Å². The van der Waals surface area contributed by atoms with E-state index in [4.69, 9.17) is 0 Å². The molecule has 1 heteroatoms. The number of hydrogen-bond acceptors (Lipinski definition) is 1. The van der Waals surface area contributed by atoms with Crippen LogP contribution < -0.4 is 0 Å². The van der Waals surface area contributed by atoms with Gasteiger partial charge in [-0.2, -0.15) is 0 Å². The van der Waals surface area contributed by atoms with Gasteiger partial charge < -0.3 is 5.11 Å². The molecule has 3 unspecified atom stereocenters. The molecule has 0 aliphatic heterocycles. The molecule has 0 aliphatic rings. The van der Waals surface area contributed by atoms with Gasteiger partial charge in [0.1, 0.15) is 0 Å². The third kappa shape index (κ3) is 5.30. The summed E-state index contributed by atoms with van der Waals surface area (Å²) in [7, 11) is 0. The molecule has 0 fully saturated rings. The highest BCUT2D eigenvalue weighted by molar-refractivity contribution is 4.70. The minimum absolute atomic E-state index is 0.133. The van der Waals surface area contributed by atoms with Crippen LogP contribution in [0.2, 0.25) is 0 Å². The second kappa shape index (κ2) is 7.37. The zero-order chi connectivity index (χ0) is 10.3. The van der Waals surface area contributed by atoms with E-state index in [0.29, 0.717) is 11.8 Å². The van der Waals surface area contributed by atoms with Crippen LogP contribution in [0.25, 0.3) is 0 Å². The standard InChI is InChI=1S/C12H26O/c1-5-7-8-9-12(11(4)13)10(3)6-2/h10-13H,5-9H2,1-4H3. The second-order valence-electron chi connectivity index (χ2n) is 4.29. The molecule has 0 saturated carbocycles. The topological polar surface area (TPSA) is 20.2 Å². The molecule has 0 amide bonds. The van der Waals surface area contributed by atoms with E-state index in [1.807, 2.05) is 6.92 Å². The lowest BCUT2D eigenvalue weighted by Gasteiger charge is -2.25. The summed E-state index contributed by atoms with van der Waals surface area (Å²) in [5, 5.41) is 9.61. The molecular formula is C12H26O. The second-order valence-corrected chi connectivity index (χ2v) is 4.29. The van der Waals surface area contributed by atoms with E-state index < -0.39 is 0 Å². The van der Waals surface area contributed by atoms with Crippen LogP contribution in [0.1, 0.15) is 59.8 Å². The zero-order valence-corrected chi connectivity index (χ0v) is 9.71. The predicted molar refractivity (Wildman–Crippen MR) is 58.8 cm³/mol. The van der Waals surface area contributed by atoms with Gasteiger partial charge in [-0.15, -0.1) is 0 Å². The quantitative estimate of drug-likeness (QED) is 0.602. The molecule has 1 N–H and O–H groups in total. The highest BCUT2D eigenvalue weighted by Gasteiger charge is 2.19. The average Bonchev–Trinajstić information content (AvgIpc) is 2.11. The van der Waals surface area contributed by atoms with Crippen molar-refractivity contribution in [1.82, 2.24) is 0 Å². The van der Waals surface area contributed by atoms with Gasteiger partial charge in [-0.3, -0.25) is 0 Å². The van der Waals surface area contributed by atoms with Crippen molar-refractivity contribution in [2.75, 3.05) is 0 Å². The first-order chi connectivity index (χ1) is 6.13. The number of aliphatic hydroxyl groups is 1. The SMILES string of the molecule is CCCCCC(C(C)O)C(C)CC. The van der Waals surface area contributed by atoms with E-state index >= 15 is 0 Å². The van der Waals surface area contributed by atoms with E-state index in [-0.39, 0.29) is 6.10 Å². The van der Waals surface area contributed by atoms with Gasteiger partial charge in [0, 0.05) is 0 Å². The molecule has 0 aliphatic carbocycles. The van der Waals surface area contributed by atoms with Crippen molar-refractivity contribution in [3.05, 3.63) is 0 Å². The van der Waals surface area contributed by atoms with Crippen molar-refractivity contribution in [1.29, 1.82) is 0 Å². The molecule has 80 valence electrons. The molecule has 0 rings (SSSR count). The molecule has 0 saturated heterocycles. The highest BCUT2D eigenvalue weighted by Crippen LogP contribution is 2.24. The Hall–Kier alpha value is -0.0400. The molecule has 0 bridgehead atoms. The zero-order valence-electron chi connectivity index (χ0n) is 9.71. The maximum absolute atomic E-state index is 9.61. The van der Waals surface area contributed by atoms with Gasteiger partial charge in [0.15, 0.2) is 0 Å². The minimum Gasteiger partial charge on any atom is -0.393 e. The minimum atomic E-state index is -0.133. The average molecular weight is 186 g/mol. The molecule has 13 heavy (non-hydrogen) atoms. The van der Waals surface area contributed by atoms with Crippen molar-refractivity contribution in [2.24, 2.45) is 11.8 Å². The van der Waals surface area contributed by atoms with Crippen LogP contribution in [0.15, 0.2) is 0 Å². The molecule has 0 spiro atoms. The number of hydrogen-bond donors (Lipinski definition) is 1. The van der Waals surface area contributed by atoms with Crippen LogP contribution in [0.3, 0.4) is 0 Å². The summed E-state index contributed by atoms with van der Waals surface area (Å²) in [6.45, 7) is 8.62. The fourth-order valence-corrected chi connectivity index (χ4v) is 1.93. The van der Waals surface area contributed by atoms with Gasteiger partial charge in [0.25, 0.3) is 0 Å². The van der Waals surface area contributed by atoms with E-state index in [0.717, 1.165) is 0 Å². The summed E-state index contributed by atoms with van der Waals surface area (Å²) in [6, 6.07) is 0. The van der Waals surface area contributed by atoms with Crippen molar-refractivity contribution in [3.63, 3.8) is 0 Å². The van der Waals surface area contributed by atoms with Gasteiger partial charge in [0.2, 0.25) is 0 Å². The Labute approximate surface area is 83.5 Å². The molecular weight excluding hydrogens is 160 g/mol. The van der Waals surface area contributed by atoms with Crippen molar-refractivity contribution in [3.8, 4) is 0 Å². The van der Waals surface area contributed by atoms with E-state index in [9.17, 15) is 5.11 Å². The Kier molecular flexibility index (Phi) is 7.35. The summed E-state index contributed by atoms with van der Waals surface area (Å²) in [6.07, 6.45) is 6.09. The van der Waals surface area contributed by atoms with Crippen LogP contribution >= 0.6 is 0 Å². The molecule has 0 radical (unpaired) electrons. The Morgan fingerprint density at radius 1 is 1.08 bits per heavy atom. The predicted octanol–water partition coefficient (Wildman–Crippen LogP) is 3.61. The van der Waals surface area contributed by atoms with E-state index in [2.05, 4.69) is 20.8 Å². The van der Waals surface area contributed by atoms with Gasteiger partial charge >= 0.3 is 0 Å². The van der Waals surface area contributed by atoms with Crippen LogP contribution in [0.4, 0.5) is 0 Å². The fraction of sp³-hybridized carbons (Fsp3) is 1.00. The summed E-state index contributed by atoms with van der Waals surface area (Å²) in [5.41, 5.74) is 0. The molecule has 3 atom stereocenters. The lowest BCUT2D eigenvalue weighted by Crippen LogP contribution is -2.23. The van der Waals surface area contributed by atoms with Crippen molar-refractivity contribution < 1.29 is 5.11 Å². The van der Waals surface area contributed by atoms with Crippen LogP contribution in [0.5, 0.6) is 0 Å². The Morgan fingerprint density at radius 3 is 2.08 bits per heavy atom. The van der Waals surface area contributed by atoms with Crippen LogP contribution in [0, 0.1) is 11.8 Å². The Balaban J connectivity index is 3.80.